The Labute approximate surface area is 170 Å². The van der Waals surface area contributed by atoms with Gasteiger partial charge >= 0.3 is 6.09 Å². The van der Waals surface area contributed by atoms with Gasteiger partial charge in [0.15, 0.2) is 0 Å². The van der Waals surface area contributed by atoms with E-state index in [1.165, 1.54) is 12.1 Å². The first-order valence-electron chi connectivity index (χ1n) is 8.59. The number of hydrogen-bond donors (Lipinski definition) is 2. The molecule has 0 bridgehead atoms. The number of ether oxygens (including phenoxy) is 1. The number of fused-ring (bicyclic) bond motifs is 1. The molecule has 0 saturated heterocycles. The molecule has 0 aliphatic rings. The summed E-state index contributed by atoms with van der Waals surface area (Å²) >= 11 is 3.47. The van der Waals surface area contributed by atoms with Crippen LogP contribution in [0.4, 0.5) is 13.6 Å². The van der Waals surface area contributed by atoms with Gasteiger partial charge in [0, 0.05) is 16.7 Å². The van der Waals surface area contributed by atoms with Crippen molar-refractivity contribution in [2.24, 2.45) is 5.73 Å². The number of carbonyl (C=O) groups is 1. The number of aryl methyl sites for hydroxylation is 2. The van der Waals surface area contributed by atoms with E-state index in [-0.39, 0.29) is 0 Å². The normalized spacial score (nSPS) is 11.1. The molecule has 8 heteroatoms. The molecule has 0 aliphatic carbocycles. The van der Waals surface area contributed by atoms with Crippen LogP contribution in [0.25, 0.3) is 11.0 Å². The number of aromatic nitrogens is 2. The lowest BCUT2D eigenvalue weighted by atomic mass is 10.1. The Hall–Kier alpha value is -2.48. The summed E-state index contributed by atoms with van der Waals surface area (Å²) < 4.78 is 31.7. The molecule has 2 heterocycles. The number of amides is 1. The second-order valence-electron chi connectivity index (χ2n) is 7.14. The smallest absolute Gasteiger partial charge is 0.405 e. The summed E-state index contributed by atoms with van der Waals surface area (Å²) in [4.78, 5) is 17.6. The van der Waals surface area contributed by atoms with Crippen molar-refractivity contribution >= 4 is 33.1 Å². The average Bonchev–Trinajstić information content (AvgIpc) is 2.97. The molecule has 0 aliphatic heterocycles. The van der Waals surface area contributed by atoms with Gasteiger partial charge in [-0.25, -0.2) is 13.6 Å². The SMILES string of the molecule is CC(C)(C)OC(N)=O.Fc1cc(F)cc(CCc2nc3cc[nH]c3cc2Br)c1. The molecule has 2 aromatic heterocycles. The minimum Gasteiger partial charge on any atom is -0.444 e. The summed E-state index contributed by atoms with van der Waals surface area (Å²) in [6.07, 6.45) is 2.26. The number of H-pyrrole nitrogens is 1. The van der Waals surface area contributed by atoms with E-state index >= 15 is 0 Å². The Morgan fingerprint density at radius 3 is 2.36 bits per heavy atom. The second-order valence-corrected chi connectivity index (χ2v) is 7.99. The number of nitrogens with two attached hydrogens (primary N) is 1. The average molecular weight is 454 g/mol. The number of primary amides is 1. The van der Waals surface area contributed by atoms with Crippen molar-refractivity contribution in [1.29, 1.82) is 0 Å². The maximum atomic E-state index is 13.1. The molecule has 0 atom stereocenters. The molecule has 1 amide bonds. The highest BCUT2D eigenvalue weighted by molar-refractivity contribution is 9.10. The van der Waals surface area contributed by atoms with E-state index in [0.29, 0.717) is 18.4 Å². The van der Waals surface area contributed by atoms with Gasteiger partial charge in [0.2, 0.25) is 0 Å². The molecule has 5 nitrogen and oxygen atoms in total. The van der Waals surface area contributed by atoms with Gasteiger partial charge in [0.25, 0.3) is 0 Å². The van der Waals surface area contributed by atoms with Crippen LogP contribution in [0.2, 0.25) is 0 Å². The number of carbonyl (C=O) groups excluding carboxylic acids is 1. The Bertz CT molecular complexity index is 947. The van der Waals surface area contributed by atoms with Gasteiger partial charge in [-0.3, -0.25) is 4.98 Å². The minimum atomic E-state index is -0.725. The van der Waals surface area contributed by atoms with Crippen molar-refractivity contribution in [3.63, 3.8) is 0 Å². The number of aromatic amines is 1. The van der Waals surface area contributed by atoms with E-state index in [9.17, 15) is 13.6 Å². The molecule has 0 saturated carbocycles. The first-order valence-corrected chi connectivity index (χ1v) is 9.39. The molecule has 28 heavy (non-hydrogen) atoms. The number of pyridine rings is 1. The minimum absolute atomic E-state index is 0.453. The van der Waals surface area contributed by atoms with Crippen LogP contribution in [0, 0.1) is 11.6 Å². The monoisotopic (exact) mass is 453 g/mol. The van der Waals surface area contributed by atoms with Crippen LogP contribution in [-0.4, -0.2) is 21.7 Å². The van der Waals surface area contributed by atoms with E-state index in [4.69, 9.17) is 5.73 Å². The highest BCUT2D eigenvalue weighted by Gasteiger charge is 2.12. The van der Waals surface area contributed by atoms with Crippen LogP contribution < -0.4 is 5.73 Å². The summed E-state index contributed by atoms with van der Waals surface area (Å²) in [5.74, 6) is -1.10. The molecule has 3 rings (SSSR count). The first kappa shape index (κ1) is 21.8. The van der Waals surface area contributed by atoms with Gasteiger partial charge in [-0.1, -0.05) is 0 Å². The lowest BCUT2D eigenvalue weighted by molar-refractivity contribution is 0.0600. The number of hydrogen-bond acceptors (Lipinski definition) is 3. The fourth-order valence-corrected chi connectivity index (χ4v) is 3.01. The molecule has 0 unspecified atom stereocenters. The second kappa shape index (κ2) is 9.14. The molecule has 3 N–H and O–H groups in total. The number of nitrogens with zero attached hydrogens (tertiary/aromatic N) is 1. The number of rotatable bonds is 3. The maximum Gasteiger partial charge on any atom is 0.405 e. The zero-order valence-electron chi connectivity index (χ0n) is 15.9. The lowest BCUT2D eigenvalue weighted by Gasteiger charge is -2.16. The highest BCUT2D eigenvalue weighted by atomic mass is 79.9. The third kappa shape index (κ3) is 6.92. The molecule has 150 valence electrons. The fourth-order valence-electron chi connectivity index (χ4n) is 2.49. The van der Waals surface area contributed by atoms with Crippen LogP contribution in [0.15, 0.2) is 41.0 Å². The van der Waals surface area contributed by atoms with E-state index in [1.807, 2.05) is 18.3 Å². The Balaban J connectivity index is 0.000000300. The largest absolute Gasteiger partial charge is 0.444 e. The van der Waals surface area contributed by atoms with Crippen molar-refractivity contribution in [2.75, 3.05) is 0 Å². The van der Waals surface area contributed by atoms with E-state index < -0.39 is 23.3 Å². The predicted molar refractivity (Wildman–Crippen MR) is 108 cm³/mol. The maximum absolute atomic E-state index is 13.1. The molecule has 1 aromatic carbocycles. The van der Waals surface area contributed by atoms with Gasteiger partial charge in [-0.2, -0.15) is 0 Å². The quantitative estimate of drug-likeness (QED) is 0.566. The van der Waals surface area contributed by atoms with Crippen molar-refractivity contribution < 1.29 is 18.3 Å². The lowest BCUT2D eigenvalue weighted by Crippen LogP contribution is -2.27. The third-order valence-corrected chi connectivity index (χ3v) is 4.22. The van der Waals surface area contributed by atoms with Gasteiger partial charge in [-0.05, 0) is 79.4 Å². The van der Waals surface area contributed by atoms with Gasteiger partial charge in [-0.15, -0.1) is 0 Å². The van der Waals surface area contributed by atoms with Crippen molar-refractivity contribution in [3.8, 4) is 0 Å². The molecule has 3 aromatic rings. The standard InChI is InChI=1S/C15H11BrF2N2.C5H11NO2/c16-12-8-15-14(3-4-19-15)20-13(12)2-1-9-5-10(17)7-11(18)6-9;1-5(2,3)8-4(6)7/h3-8,19H,1-2H2;1-3H3,(H2,6,7). The van der Waals surface area contributed by atoms with E-state index in [2.05, 4.69) is 30.6 Å². The fraction of sp³-hybridized carbons (Fsp3) is 0.300. The van der Waals surface area contributed by atoms with Crippen molar-refractivity contribution in [3.05, 3.63) is 63.9 Å². The summed E-state index contributed by atoms with van der Waals surface area (Å²) in [5.41, 5.74) is 7.61. The van der Waals surface area contributed by atoms with Crippen LogP contribution in [0.3, 0.4) is 0 Å². The third-order valence-electron chi connectivity index (χ3n) is 3.54. The topological polar surface area (TPSA) is 81.0 Å². The number of halogens is 3. The van der Waals surface area contributed by atoms with Gasteiger partial charge in [0.1, 0.15) is 17.2 Å². The molecule has 0 radical (unpaired) electrons. The van der Waals surface area contributed by atoms with Gasteiger partial charge < -0.3 is 15.5 Å². The van der Waals surface area contributed by atoms with Crippen LogP contribution in [0.5, 0.6) is 0 Å². The van der Waals surface area contributed by atoms with E-state index in [1.54, 1.807) is 20.8 Å². The van der Waals surface area contributed by atoms with Crippen molar-refractivity contribution in [1.82, 2.24) is 9.97 Å². The summed E-state index contributed by atoms with van der Waals surface area (Å²) in [6.45, 7) is 5.28. The van der Waals surface area contributed by atoms with Crippen LogP contribution in [-0.2, 0) is 17.6 Å². The zero-order valence-corrected chi connectivity index (χ0v) is 17.4. The molecule has 0 fully saturated rings. The molecule has 0 spiro atoms. The summed E-state index contributed by atoms with van der Waals surface area (Å²) in [5, 5.41) is 0. The summed E-state index contributed by atoms with van der Waals surface area (Å²) in [7, 11) is 0. The first-order chi connectivity index (χ1) is 13.0. The van der Waals surface area contributed by atoms with E-state index in [0.717, 1.165) is 27.3 Å². The number of nitrogens with one attached hydrogen (secondary N) is 1. The van der Waals surface area contributed by atoms with Gasteiger partial charge in [0.05, 0.1) is 16.7 Å². The number of benzene rings is 1. The Morgan fingerprint density at radius 2 is 1.82 bits per heavy atom. The highest BCUT2D eigenvalue weighted by Crippen LogP contribution is 2.22. The predicted octanol–water partition coefficient (Wildman–Crippen LogP) is 5.27. The molecular weight excluding hydrogens is 432 g/mol. The molecular formula is C20H22BrF2N3O2. The Kier molecular flexibility index (Phi) is 7.12. The Morgan fingerprint density at radius 1 is 1.18 bits per heavy atom. The van der Waals surface area contributed by atoms with Crippen LogP contribution >= 0.6 is 15.9 Å². The van der Waals surface area contributed by atoms with Crippen molar-refractivity contribution in [2.45, 2.75) is 39.2 Å². The summed E-state index contributed by atoms with van der Waals surface area (Å²) in [6, 6.07) is 7.44. The zero-order chi connectivity index (χ0) is 20.9. The van der Waals surface area contributed by atoms with Crippen LogP contribution in [0.1, 0.15) is 32.0 Å².